The summed E-state index contributed by atoms with van der Waals surface area (Å²) in [6.45, 7) is 2.26. The standard InChI is InChI=1S/C17H27Cl2N/c1-3-4-5-6-7-8-9-10-17(20-2)15-12-11-14(18)13-16(15)19/h11-13,17,20H,3-10H2,1-2H3. The van der Waals surface area contributed by atoms with Crippen molar-refractivity contribution in [3.8, 4) is 0 Å². The fourth-order valence-corrected chi connectivity index (χ4v) is 3.09. The highest BCUT2D eigenvalue weighted by atomic mass is 35.5. The maximum atomic E-state index is 6.28. The van der Waals surface area contributed by atoms with E-state index in [1.54, 1.807) is 0 Å². The molecule has 0 fully saturated rings. The largest absolute Gasteiger partial charge is 0.313 e. The van der Waals surface area contributed by atoms with Gasteiger partial charge < -0.3 is 5.32 Å². The first kappa shape index (κ1) is 17.8. The summed E-state index contributed by atoms with van der Waals surface area (Å²) in [4.78, 5) is 0. The van der Waals surface area contributed by atoms with Gasteiger partial charge in [0.05, 0.1) is 0 Å². The second kappa shape index (κ2) is 10.5. The Kier molecular flexibility index (Phi) is 9.33. The topological polar surface area (TPSA) is 12.0 Å². The van der Waals surface area contributed by atoms with E-state index in [2.05, 4.69) is 12.2 Å². The molecule has 1 N–H and O–H groups in total. The monoisotopic (exact) mass is 315 g/mol. The predicted molar refractivity (Wildman–Crippen MR) is 90.9 cm³/mol. The first-order valence-corrected chi connectivity index (χ1v) is 8.56. The molecule has 3 heteroatoms. The molecule has 1 rings (SSSR count). The second-order valence-corrected chi connectivity index (χ2v) is 6.26. The van der Waals surface area contributed by atoms with Crippen LogP contribution in [0.4, 0.5) is 0 Å². The molecule has 0 spiro atoms. The smallest absolute Gasteiger partial charge is 0.0468 e. The van der Waals surface area contributed by atoms with Crippen molar-refractivity contribution in [2.75, 3.05) is 7.05 Å². The summed E-state index contributed by atoms with van der Waals surface area (Å²) in [7, 11) is 2.00. The van der Waals surface area contributed by atoms with E-state index in [1.165, 1.54) is 44.9 Å². The van der Waals surface area contributed by atoms with Gasteiger partial charge in [-0.15, -0.1) is 0 Å². The van der Waals surface area contributed by atoms with E-state index in [9.17, 15) is 0 Å². The predicted octanol–water partition coefficient (Wildman–Crippen LogP) is 6.39. The molecular weight excluding hydrogens is 289 g/mol. The zero-order valence-corrected chi connectivity index (χ0v) is 14.2. The van der Waals surface area contributed by atoms with Crippen LogP contribution in [0.5, 0.6) is 0 Å². The van der Waals surface area contributed by atoms with E-state index in [-0.39, 0.29) is 0 Å². The summed E-state index contributed by atoms with van der Waals surface area (Å²) in [5.74, 6) is 0. The van der Waals surface area contributed by atoms with E-state index >= 15 is 0 Å². The van der Waals surface area contributed by atoms with Crippen molar-refractivity contribution in [2.24, 2.45) is 0 Å². The third kappa shape index (κ3) is 6.47. The fraction of sp³-hybridized carbons (Fsp3) is 0.647. The molecule has 0 amide bonds. The Hall–Kier alpha value is -0.240. The normalized spacial score (nSPS) is 12.6. The summed E-state index contributed by atoms with van der Waals surface area (Å²) in [6, 6.07) is 6.11. The van der Waals surface area contributed by atoms with Gasteiger partial charge in [0.25, 0.3) is 0 Å². The molecule has 0 bridgehead atoms. The van der Waals surface area contributed by atoms with Crippen molar-refractivity contribution in [3.05, 3.63) is 33.8 Å². The van der Waals surface area contributed by atoms with Gasteiger partial charge in [-0.05, 0) is 31.2 Å². The molecule has 0 saturated heterocycles. The molecule has 0 aliphatic carbocycles. The Morgan fingerprint density at radius 3 is 2.25 bits per heavy atom. The number of hydrogen-bond acceptors (Lipinski definition) is 1. The lowest BCUT2D eigenvalue weighted by Crippen LogP contribution is -2.16. The van der Waals surface area contributed by atoms with Crippen LogP contribution < -0.4 is 5.32 Å². The number of nitrogens with one attached hydrogen (secondary N) is 1. The molecule has 0 saturated carbocycles. The Labute approximate surface area is 134 Å². The minimum atomic E-state index is 0.329. The highest BCUT2D eigenvalue weighted by Gasteiger charge is 2.12. The van der Waals surface area contributed by atoms with E-state index in [4.69, 9.17) is 23.2 Å². The fourth-order valence-electron chi connectivity index (χ4n) is 2.55. The van der Waals surface area contributed by atoms with Gasteiger partial charge in [0.15, 0.2) is 0 Å². The summed E-state index contributed by atoms with van der Waals surface area (Å²) < 4.78 is 0. The lowest BCUT2D eigenvalue weighted by Gasteiger charge is -2.18. The van der Waals surface area contributed by atoms with Crippen LogP contribution >= 0.6 is 23.2 Å². The van der Waals surface area contributed by atoms with E-state index in [1.807, 2.05) is 25.2 Å². The number of rotatable bonds is 10. The third-order valence-corrected chi connectivity index (χ3v) is 4.35. The molecule has 1 nitrogen and oxygen atoms in total. The minimum Gasteiger partial charge on any atom is -0.313 e. The molecule has 1 atom stereocenters. The van der Waals surface area contributed by atoms with Crippen molar-refractivity contribution in [1.82, 2.24) is 5.32 Å². The lowest BCUT2D eigenvalue weighted by atomic mass is 9.99. The first-order valence-electron chi connectivity index (χ1n) is 7.81. The molecule has 0 heterocycles. The number of unbranched alkanes of at least 4 members (excludes halogenated alkanes) is 6. The molecule has 20 heavy (non-hydrogen) atoms. The van der Waals surface area contributed by atoms with Crippen LogP contribution in [0.2, 0.25) is 10.0 Å². The molecule has 1 aromatic carbocycles. The van der Waals surface area contributed by atoms with Crippen molar-refractivity contribution < 1.29 is 0 Å². The Balaban J connectivity index is 2.32. The summed E-state index contributed by atoms with van der Waals surface area (Å²) in [5.41, 5.74) is 1.16. The molecule has 0 aliphatic heterocycles. The quantitative estimate of drug-likeness (QED) is 0.493. The second-order valence-electron chi connectivity index (χ2n) is 5.42. The summed E-state index contributed by atoms with van der Waals surface area (Å²) in [6.07, 6.45) is 10.5. The van der Waals surface area contributed by atoms with Crippen LogP contribution in [0.3, 0.4) is 0 Å². The van der Waals surface area contributed by atoms with Gasteiger partial charge in [-0.3, -0.25) is 0 Å². The van der Waals surface area contributed by atoms with Gasteiger partial charge in [-0.2, -0.15) is 0 Å². The molecule has 0 aromatic heterocycles. The molecular formula is C17H27Cl2N. The highest BCUT2D eigenvalue weighted by Crippen LogP contribution is 2.29. The van der Waals surface area contributed by atoms with Gasteiger partial charge in [0, 0.05) is 16.1 Å². The molecule has 0 aliphatic rings. The number of benzene rings is 1. The van der Waals surface area contributed by atoms with Crippen molar-refractivity contribution in [3.63, 3.8) is 0 Å². The molecule has 114 valence electrons. The van der Waals surface area contributed by atoms with Crippen LogP contribution in [0, 0.1) is 0 Å². The van der Waals surface area contributed by atoms with Crippen molar-refractivity contribution in [2.45, 2.75) is 64.3 Å². The van der Waals surface area contributed by atoms with Gasteiger partial charge in [0.1, 0.15) is 0 Å². The van der Waals surface area contributed by atoms with E-state index in [0.717, 1.165) is 17.0 Å². The van der Waals surface area contributed by atoms with Gasteiger partial charge in [0.2, 0.25) is 0 Å². The van der Waals surface area contributed by atoms with Crippen molar-refractivity contribution >= 4 is 23.2 Å². The Morgan fingerprint density at radius 1 is 1.00 bits per heavy atom. The minimum absolute atomic E-state index is 0.329. The average Bonchev–Trinajstić information content (AvgIpc) is 2.43. The lowest BCUT2D eigenvalue weighted by molar-refractivity contribution is 0.496. The SMILES string of the molecule is CCCCCCCCCC(NC)c1ccc(Cl)cc1Cl. The van der Waals surface area contributed by atoms with Crippen molar-refractivity contribution in [1.29, 1.82) is 0 Å². The summed E-state index contributed by atoms with van der Waals surface area (Å²) >= 11 is 12.2. The first-order chi connectivity index (χ1) is 9.69. The van der Waals surface area contributed by atoms with E-state index < -0.39 is 0 Å². The number of hydrogen-bond donors (Lipinski definition) is 1. The molecule has 0 radical (unpaired) electrons. The maximum Gasteiger partial charge on any atom is 0.0468 e. The Morgan fingerprint density at radius 2 is 1.65 bits per heavy atom. The van der Waals surface area contributed by atoms with E-state index in [0.29, 0.717) is 11.1 Å². The third-order valence-electron chi connectivity index (χ3n) is 3.78. The highest BCUT2D eigenvalue weighted by molar-refractivity contribution is 6.35. The average molecular weight is 316 g/mol. The van der Waals surface area contributed by atoms with Gasteiger partial charge >= 0.3 is 0 Å². The van der Waals surface area contributed by atoms with Crippen LogP contribution in [0.1, 0.15) is 69.9 Å². The van der Waals surface area contributed by atoms with Crippen LogP contribution in [-0.2, 0) is 0 Å². The van der Waals surface area contributed by atoms with Crippen LogP contribution in [0.15, 0.2) is 18.2 Å². The summed E-state index contributed by atoms with van der Waals surface area (Å²) in [5, 5.41) is 4.82. The van der Waals surface area contributed by atoms with Crippen LogP contribution in [-0.4, -0.2) is 7.05 Å². The maximum absolute atomic E-state index is 6.28. The molecule has 1 aromatic rings. The number of halogens is 2. The molecule has 1 unspecified atom stereocenters. The van der Waals surface area contributed by atoms with Gasteiger partial charge in [-0.25, -0.2) is 0 Å². The van der Waals surface area contributed by atoms with Crippen LogP contribution in [0.25, 0.3) is 0 Å². The zero-order chi connectivity index (χ0) is 14.8. The zero-order valence-electron chi connectivity index (χ0n) is 12.7. The Bertz CT molecular complexity index is 379. The van der Waals surface area contributed by atoms with Gasteiger partial charge in [-0.1, -0.05) is 81.1 Å².